The second-order valence-electron chi connectivity index (χ2n) is 9.31. The SMILES string of the molecule is CCSc1ncc(-c2nc(C(=O)NCCC(=O)O)c(O)c3cc(-c4ccccc4)c(=O)n(Cc4ccccc4)c23)cn1. The molecule has 3 heterocycles. The van der Waals surface area contributed by atoms with Gasteiger partial charge in [-0.3, -0.25) is 14.4 Å². The van der Waals surface area contributed by atoms with Crippen LogP contribution in [-0.2, 0) is 11.3 Å². The Kier molecular flexibility index (Phi) is 8.58. The van der Waals surface area contributed by atoms with E-state index in [0.29, 0.717) is 27.4 Å². The van der Waals surface area contributed by atoms with Crippen LogP contribution < -0.4 is 10.9 Å². The van der Waals surface area contributed by atoms with Gasteiger partial charge in [0.25, 0.3) is 11.5 Å². The van der Waals surface area contributed by atoms with Crippen LogP contribution in [0.1, 0.15) is 29.4 Å². The highest BCUT2D eigenvalue weighted by atomic mass is 32.2. The van der Waals surface area contributed by atoms with Crippen LogP contribution in [-0.4, -0.2) is 53.9 Å². The molecule has 1 amide bonds. The molecule has 212 valence electrons. The summed E-state index contributed by atoms with van der Waals surface area (Å²) >= 11 is 1.46. The predicted octanol–water partition coefficient (Wildman–Crippen LogP) is 4.59. The first kappa shape index (κ1) is 28.5. The lowest BCUT2D eigenvalue weighted by Gasteiger charge is -2.19. The van der Waals surface area contributed by atoms with Gasteiger partial charge in [-0.25, -0.2) is 15.0 Å². The topological polar surface area (TPSA) is 147 Å². The van der Waals surface area contributed by atoms with Gasteiger partial charge in [-0.2, -0.15) is 0 Å². The van der Waals surface area contributed by atoms with Crippen molar-refractivity contribution in [3.8, 4) is 28.1 Å². The number of carboxylic acid groups (broad SMARTS) is 1. The highest BCUT2D eigenvalue weighted by Gasteiger charge is 2.25. The molecule has 0 saturated heterocycles. The van der Waals surface area contributed by atoms with E-state index in [0.717, 1.165) is 11.3 Å². The van der Waals surface area contributed by atoms with E-state index in [1.54, 1.807) is 30.6 Å². The van der Waals surface area contributed by atoms with Crippen LogP contribution in [0.3, 0.4) is 0 Å². The minimum Gasteiger partial charge on any atom is -0.505 e. The molecule has 3 aromatic heterocycles. The van der Waals surface area contributed by atoms with E-state index in [2.05, 4.69) is 20.3 Å². The summed E-state index contributed by atoms with van der Waals surface area (Å²) in [7, 11) is 0. The summed E-state index contributed by atoms with van der Waals surface area (Å²) in [6.07, 6.45) is 2.84. The van der Waals surface area contributed by atoms with Gasteiger partial charge in [-0.05, 0) is 22.9 Å². The number of nitrogens with one attached hydrogen (secondary N) is 1. The number of benzene rings is 2. The number of thioether (sulfide) groups is 1. The highest BCUT2D eigenvalue weighted by Crippen LogP contribution is 2.36. The third-order valence-electron chi connectivity index (χ3n) is 6.50. The number of pyridine rings is 2. The molecule has 0 bridgehead atoms. The molecule has 10 nitrogen and oxygen atoms in total. The lowest BCUT2D eigenvalue weighted by Crippen LogP contribution is -2.28. The number of aliphatic carboxylic acids is 1. The summed E-state index contributed by atoms with van der Waals surface area (Å²) in [5.74, 6) is -1.48. The molecule has 42 heavy (non-hydrogen) atoms. The second kappa shape index (κ2) is 12.6. The molecule has 0 atom stereocenters. The zero-order valence-electron chi connectivity index (χ0n) is 22.7. The summed E-state index contributed by atoms with van der Waals surface area (Å²) in [6, 6.07) is 20.0. The van der Waals surface area contributed by atoms with E-state index in [1.807, 2.05) is 55.5 Å². The van der Waals surface area contributed by atoms with Crippen molar-refractivity contribution in [3.05, 3.63) is 101 Å². The molecule has 0 aliphatic heterocycles. The van der Waals surface area contributed by atoms with Crippen molar-refractivity contribution < 1.29 is 19.8 Å². The monoisotopic (exact) mass is 581 g/mol. The minimum absolute atomic E-state index is 0.155. The number of carbonyl (C=O) groups is 2. The molecule has 11 heteroatoms. The van der Waals surface area contributed by atoms with Gasteiger partial charge in [0.05, 0.1) is 24.2 Å². The van der Waals surface area contributed by atoms with Crippen LogP contribution in [0.5, 0.6) is 5.75 Å². The Balaban J connectivity index is 1.82. The third kappa shape index (κ3) is 6.01. The number of aromatic nitrogens is 4. The number of aromatic hydroxyl groups is 1. The van der Waals surface area contributed by atoms with Crippen LogP contribution in [0, 0.1) is 0 Å². The maximum Gasteiger partial charge on any atom is 0.305 e. The molecule has 0 saturated carbocycles. The van der Waals surface area contributed by atoms with Crippen molar-refractivity contribution >= 4 is 34.5 Å². The van der Waals surface area contributed by atoms with Crippen LogP contribution >= 0.6 is 11.8 Å². The van der Waals surface area contributed by atoms with Crippen molar-refractivity contribution in [2.75, 3.05) is 12.3 Å². The highest BCUT2D eigenvalue weighted by molar-refractivity contribution is 7.99. The minimum atomic E-state index is -1.08. The largest absolute Gasteiger partial charge is 0.505 e. The quantitative estimate of drug-likeness (QED) is 0.159. The molecule has 3 N–H and O–H groups in total. The van der Waals surface area contributed by atoms with E-state index >= 15 is 0 Å². The summed E-state index contributed by atoms with van der Waals surface area (Å²) in [5.41, 5.74) is 2.17. The predicted molar refractivity (Wildman–Crippen MR) is 161 cm³/mol. The van der Waals surface area contributed by atoms with Crippen LogP contribution in [0.2, 0.25) is 0 Å². The lowest BCUT2D eigenvalue weighted by atomic mass is 10.0. The first-order valence-electron chi connectivity index (χ1n) is 13.2. The van der Waals surface area contributed by atoms with Gasteiger partial charge in [0, 0.05) is 35.5 Å². The number of hydrogen-bond acceptors (Lipinski definition) is 8. The Morgan fingerprint density at radius 3 is 2.29 bits per heavy atom. The number of hydrogen-bond donors (Lipinski definition) is 3. The maximum atomic E-state index is 14.1. The van der Waals surface area contributed by atoms with Gasteiger partial charge >= 0.3 is 5.97 Å². The van der Waals surface area contributed by atoms with Crippen LogP contribution in [0.15, 0.2) is 89.1 Å². The molecule has 0 unspecified atom stereocenters. The summed E-state index contributed by atoms with van der Waals surface area (Å²) in [6.45, 7) is 2.00. The normalized spacial score (nSPS) is 11.0. The molecule has 5 aromatic rings. The Labute approximate surface area is 245 Å². The molecule has 0 fully saturated rings. The van der Waals surface area contributed by atoms with Crippen molar-refractivity contribution in [2.24, 2.45) is 0 Å². The lowest BCUT2D eigenvalue weighted by molar-refractivity contribution is -0.136. The summed E-state index contributed by atoms with van der Waals surface area (Å²) < 4.78 is 1.54. The first-order valence-corrected chi connectivity index (χ1v) is 14.2. The van der Waals surface area contributed by atoms with E-state index in [-0.39, 0.29) is 41.8 Å². The Bertz CT molecular complexity index is 1810. The number of carbonyl (C=O) groups excluding carboxylic acids is 1. The van der Waals surface area contributed by atoms with Crippen molar-refractivity contribution in [1.82, 2.24) is 24.8 Å². The molecule has 0 aliphatic carbocycles. The van der Waals surface area contributed by atoms with E-state index < -0.39 is 17.6 Å². The average molecular weight is 582 g/mol. The maximum absolute atomic E-state index is 14.1. The van der Waals surface area contributed by atoms with Gasteiger partial charge in [0.1, 0.15) is 0 Å². The number of amides is 1. The zero-order valence-corrected chi connectivity index (χ0v) is 23.5. The third-order valence-corrected chi connectivity index (χ3v) is 7.26. The van der Waals surface area contributed by atoms with Gasteiger partial charge in [-0.1, -0.05) is 79.3 Å². The Hall–Kier alpha value is -5.03. The molecule has 0 aliphatic rings. The number of nitrogens with zero attached hydrogens (tertiary/aromatic N) is 4. The fraction of sp³-hybridized carbons (Fsp3) is 0.161. The fourth-order valence-corrected chi connectivity index (χ4v) is 5.07. The first-order chi connectivity index (χ1) is 20.4. The van der Waals surface area contributed by atoms with Gasteiger partial charge in [0.2, 0.25) is 0 Å². The van der Waals surface area contributed by atoms with Gasteiger partial charge in [-0.15, -0.1) is 0 Å². The number of carboxylic acids is 1. The van der Waals surface area contributed by atoms with Crippen molar-refractivity contribution in [3.63, 3.8) is 0 Å². The molecular weight excluding hydrogens is 554 g/mol. The molecule has 0 spiro atoms. The number of fused-ring (bicyclic) bond motifs is 1. The molecular formula is C31H27N5O5S. The average Bonchev–Trinajstić information content (AvgIpc) is 3.00. The molecule has 2 aromatic carbocycles. The van der Waals surface area contributed by atoms with Gasteiger partial charge < -0.3 is 20.1 Å². The fourth-order valence-electron chi connectivity index (χ4n) is 4.56. The standard InChI is InChI=1S/C31H27N5O5S/c1-2-42-31-33-16-21(17-34-31)25-27-23(28(39)26(35-25)29(40)32-14-13-24(37)38)15-22(20-11-7-4-8-12-20)30(41)36(27)18-19-9-5-3-6-10-19/h3-12,15-17,39H,2,13-14,18H2,1H3,(H,32,40)(H,37,38). The van der Waals surface area contributed by atoms with E-state index in [1.165, 1.54) is 16.3 Å². The van der Waals surface area contributed by atoms with Gasteiger partial charge in [0.15, 0.2) is 16.6 Å². The number of rotatable bonds is 10. The van der Waals surface area contributed by atoms with Crippen molar-refractivity contribution in [2.45, 2.75) is 25.0 Å². The van der Waals surface area contributed by atoms with Crippen LogP contribution in [0.4, 0.5) is 0 Å². The molecule has 5 rings (SSSR count). The second-order valence-corrected chi connectivity index (χ2v) is 10.5. The van der Waals surface area contributed by atoms with E-state index in [4.69, 9.17) is 5.11 Å². The zero-order chi connectivity index (χ0) is 29.6. The molecule has 0 radical (unpaired) electrons. The Morgan fingerprint density at radius 2 is 1.64 bits per heavy atom. The Morgan fingerprint density at radius 1 is 0.976 bits per heavy atom. The van der Waals surface area contributed by atoms with E-state index in [9.17, 15) is 19.5 Å². The van der Waals surface area contributed by atoms with Crippen molar-refractivity contribution in [1.29, 1.82) is 0 Å². The smallest absolute Gasteiger partial charge is 0.305 e. The summed E-state index contributed by atoms with van der Waals surface area (Å²) in [4.78, 5) is 51.7. The summed E-state index contributed by atoms with van der Waals surface area (Å²) in [5, 5.41) is 23.8. The van der Waals surface area contributed by atoms with Crippen LogP contribution in [0.25, 0.3) is 33.3 Å².